The summed E-state index contributed by atoms with van der Waals surface area (Å²) in [5.41, 5.74) is 0. The zero-order chi connectivity index (χ0) is 15.1. The summed E-state index contributed by atoms with van der Waals surface area (Å²) in [5.74, 6) is 0.656. The van der Waals surface area contributed by atoms with E-state index in [1.807, 2.05) is 4.90 Å². The van der Waals surface area contributed by atoms with Crippen LogP contribution in [0.2, 0.25) is 0 Å². The minimum atomic E-state index is -0.0902. The highest BCUT2D eigenvalue weighted by Gasteiger charge is 2.37. The van der Waals surface area contributed by atoms with Crippen molar-refractivity contribution < 1.29 is 9.53 Å². The van der Waals surface area contributed by atoms with Gasteiger partial charge in [-0.15, -0.1) is 0 Å². The number of carbonyl (C=O) groups excluding carboxylic acids is 1. The molecule has 0 aromatic heterocycles. The molecule has 4 nitrogen and oxygen atoms in total. The number of carbonyl (C=O) groups is 1. The van der Waals surface area contributed by atoms with E-state index in [4.69, 9.17) is 4.74 Å². The van der Waals surface area contributed by atoms with E-state index in [9.17, 15) is 4.79 Å². The van der Waals surface area contributed by atoms with Crippen LogP contribution in [0.15, 0.2) is 0 Å². The van der Waals surface area contributed by atoms with Gasteiger partial charge < -0.3 is 9.64 Å². The second-order valence-corrected chi connectivity index (χ2v) is 6.56. The fourth-order valence-electron chi connectivity index (χ4n) is 3.71. The first kappa shape index (κ1) is 16.6. The van der Waals surface area contributed by atoms with Gasteiger partial charge in [-0.25, -0.2) is 4.79 Å². The molecular weight excluding hydrogens is 264 g/mol. The zero-order valence-electron chi connectivity index (χ0n) is 13.9. The molecule has 2 aliphatic heterocycles. The summed E-state index contributed by atoms with van der Waals surface area (Å²) >= 11 is 0. The lowest BCUT2D eigenvalue weighted by Gasteiger charge is -2.47. The molecule has 0 aliphatic carbocycles. The molecule has 0 bridgehead atoms. The molecular formula is C17H32N2O2. The predicted octanol–water partition coefficient (Wildman–Crippen LogP) is 3.51. The molecule has 21 heavy (non-hydrogen) atoms. The van der Waals surface area contributed by atoms with Gasteiger partial charge >= 0.3 is 6.09 Å². The summed E-state index contributed by atoms with van der Waals surface area (Å²) < 4.78 is 5.37. The van der Waals surface area contributed by atoms with E-state index in [-0.39, 0.29) is 6.09 Å². The van der Waals surface area contributed by atoms with Crippen molar-refractivity contribution in [2.45, 2.75) is 64.8 Å². The maximum atomic E-state index is 12.1. The van der Waals surface area contributed by atoms with Crippen molar-refractivity contribution in [3.05, 3.63) is 0 Å². The quantitative estimate of drug-likeness (QED) is 0.703. The van der Waals surface area contributed by atoms with Gasteiger partial charge in [-0.05, 0) is 51.1 Å². The maximum Gasteiger partial charge on any atom is 0.409 e. The van der Waals surface area contributed by atoms with Crippen LogP contribution in [0.1, 0.15) is 58.8 Å². The molecule has 2 rings (SSSR count). The van der Waals surface area contributed by atoms with E-state index < -0.39 is 0 Å². The van der Waals surface area contributed by atoms with E-state index >= 15 is 0 Å². The molecule has 2 fully saturated rings. The lowest BCUT2D eigenvalue weighted by atomic mass is 9.84. The Bertz CT molecular complexity index is 322. The van der Waals surface area contributed by atoms with Crippen LogP contribution in [0.5, 0.6) is 0 Å². The number of nitrogens with zero attached hydrogens (tertiary/aromatic N) is 2. The average Bonchev–Trinajstić information content (AvgIpc) is 2.52. The minimum absolute atomic E-state index is 0.0902. The molecule has 0 aromatic rings. The first-order chi connectivity index (χ1) is 10.3. The molecule has 122 valence electrons. The largest absolute Gasteiger partial charge is 0.449 e. The van der Waals surface area contributed by atoms with Gasteiger partial charge in [0.2, 0.25) is 0 Å². The molecule has 0 unspecified atom stereocenters. The van der Waals surface area contributed by atoms with Crippen LogP contribution in [0, 0.1) is 5.92 Å². The molecule has 0 aromatic carbocycles. The molecule has 2 atom stereocenters. The summed E-state index contributed by atoms with van der Waals surface area (Å²) in [7, 11) is 0. The Balaban J connectivity index is 1.81. The number of hydrogen-bond donors (Lipinski definition) is 0. The number of unbranched alkanes of at least 4 members (excludes halogenated alkanes) is 2. The van der Waals surface area contributed by atoms with Gasteiger partial charge in [-0.3, -0.25) is 4.90 Å². The fourth-order valence-corrected chi connectivity index (χ4v) is 3.71. The number of rotatable bonds is 6. The highest BCUT2D eigenvalue weighted by atomic mass is 16.6. The Kier molecular flexibility index (Phi) is 6.81. The van der Waals surface area contributed by atoms with Crippen molar-refractivity contribution >= 4 is 6.09 Å². The highest BCUT2D eigenvalue weighted by Crippen LogP contribution is 2.31. The Morgan fingerprint density at radius 3 is 2.71 bits per heavy atom. The Morgan fingerprint density at radius 2 is 1.95 bits per heavy atom. The summed E-state index contributed by atoms with van der Waals surface area (Å²) in [6.07, 6.45) is 8.19. The molecule has 2 heterocycles. The van der Waals surface area contributed by atoms with Gasteiger partial charge in [-0.1, -0.05) is 26.7 Å². The molecule has 2 saturated heterocycles. The minimum Gasteiger partial charge on any atom is -0.449 e. The third kappa shape index (κ3) is 4.60. The third-order valence-corrected chi connectivity index (χ3v) is 4.96. The molecule has 4 heteroatoms. The monoisotopic (exact) mass is 296 g/mol. The number of fused-ring (bicyclic) bond motifs is 1. The molecule has 0 radical (unpaired) electrons. The van der Waals surface area contributed by atoms with Crippen LogP contribution in [-0.4, -0.2) is 54.7 Å². The lowest BCUT2D eigenvalue weighted by molar-refractivity contribution is 0.0168. The number of hydrogen-bond acceptors (Lipinski definition) is 3. The average molecular weight is 296 g/mol. The third-order valence-electron chi connectivity index (χ3n) is 4.96. The van der Waals surface area contributed by atoms with Gasteiger partial charge in [0, 0.05) is 19.1 Å². The molecule has 2 aliphatic rings. The Morgan fingerprint density at radius 1 is 1.14 bits per heavy atom. The van der Waals surface area contributed by atoms with Crippen molar-refractivity contribution in [1.82, 2.24) is 9.80 Å². The van der Waals surface area contributed by atoms with Gasteiger partial charge in [0.25, 0.3) is 0 Å². The zero-order valence-corrected chi connectivity index (χ0v) is 13.9. The van der Waals surface area contributed by atoms with Crippen LogP contribution in [0.4, 0.5) is 4.79 Å². The first-order valence-corrected chi connectivity index (χ1v) is 8.92. The molecule has 0 spiro atoms. The topological polar surface area (TPSA) is 32.8 Å². The summed E-state index contributed by atoms with van der Waals surface area (Å²) in [5, 5.41) is 0. The normalized spacial score (nSPS) is 26.5. The van der Waals surface area contributed by atoms with Gasteiger partial charge in [-0.2, -0.15) is 0 Å². The Labute approximate surface area is 129 Å². The second-order valence-electron chi connectivity index (χ2n) is 6.56. The van der Waals surface area contributed by atoms with Crippen molar-refractivity contribution in [3.63, 3.8) is 0 Å². The lowest BCUT2D eigenvalue weighted by Crippen LogP contribution is -2.55. The number of piperidine rings is 2. The predicted molar refractivity (Wildman–Crippen MR) is 85.4 cm³/mol. The van der Waals surface area contributed by atoms with E-state index in [1.165, 1.54) is 38.8 Å². The summed E-state index contributed by atoms with van der Waals surface area (Å²) in [6.45, 7) is 9.21. The second kappa shape index (κ2) is 8.62. The van der Waals surface area contributed by atoms with E-state index in [2.05, 4.69) is 18.7 Å². The van der Waals surface area contributed by atoms with E-state index in [0.29, 0.717) is 18.6 Å². The Hall–Kier alpha value is -0.770. The first-order valence-electron chi connectivity index (χ1n) is 8.92. The van der Waals surface area contributed by atoms with Gasteiger partial charge in [0.1, 0.15) is 0 Å². The molecule has 0 saturated carbocycles. The van der Waals surface area contributed by atoms with Crippen LogP contribution < -0.4 is 0 Å². The van der Waals surface area contributed by atoms with Crippen molar-refractivity contribution in [3.8, 4) is 0 Å². The summed E-state index contributed by atoms with van der Waals surface area (Å²) in [6, 6.07) is 0.699. The van der Waals surface area contributed by atoms with Gasteiger partial charge in [0.15, 0.2) is 0 Å². The van der Waals surface area contributed by atoms with Crippen LogP contribution in [0.3, 0.4) is 0 Å². The SMILES string of the molecule is CCCCOC(=O)N1CC[C@@H]2[C@@H](CCCN2CCCC)C1. The summed E-state index contributed by atoms with van der Waals surface area (Å²) in [4.78, 5) is 16.7. The fraction of sp³-hybridized carbons (Fsp3) is 0.941. The smallest absolute Gasteiger partial charge is 0.409 e. The maximum absolute atomic E-state index is 12.1. The van der Waals surface area contributed by atoms with Crippen molar-refractivity contribution in [2.24, 2.45) is 5.92 Å². The standard InChI is InChI=1S/C17H32N2O2/c1-3-5-10-18-11-7-8-15-14-19(12-9-16(15)18)17(20)21-13-6-4-2/h15-16H,3-14H2,1-2H3/t15-,16+/m0/s1. The van der Waals surface area contributed by atoms with E-state index in [0.717, 1.165) is 32.4 Å². The number of likely N-dealkylation sites (tertiary alicyclic amines) is 2. The number of amides is 1. The van der Waals surface area contributed by atoms with Gasteiger partial charge in [0.05, 0.1) is 6.61 Å². The van der Waals surface area contributed by atoms with Crippen molar-refractivity contribution in [2.75, 3.05) is 32.8 Å². The molecule has 1 amide bonds. The van der Waals surface area contributed by atoms with Crippen LogP contribution in [0.25, 0.3) is 0 Å². The van der Waals surface area contributed by atoms with E-state index in [1.54, 1.807) is 0 Å². The highest BCUT2D eigenvalue weighted by molar-refractivity contribution is 5.67. The number of ether oxygens (including phenoxy) is 1. The molecule has 0 N–H and O–H groups in total. The van der Waals surface area contributed by atoms with Crippen LogP contribution >= 0.6 is 0 Å². The van der Waals surface area contributed by atoms with Crippen LogP contribution in [-0.2, 0) is 4.74 Å². The van der Waals surface area contributed by atoms with Crippen molar-refractivity contribution in [1.29, 1.82) is 0 Å².